The first-order valence-corrected chi connectivity index (χ1v) is 10.8. The zero-order chi connectivity index (χ0) is 21.6. The highest BCUT2D eigenvalue weighted by molar-refractivity contribution is 7.89. The summed E-state index contributed by atoms with van der Waals surface area (Å²) < 4.78 is 26.3. The van der Waals surface area contributed by atoms with Crippen molar-refractivity contribution in [2.45, 2.75) is 38.0 Å². The maximum Gasteiger partial charge on any atom is 0.243 e. The Bertz CT molecular complexity index is 954. The topological polar surface area (TPSA) is 95.6 Å². The van der Waals surface area contributed by atoms with E-state index >= 15 is 0 Å². The van der Waals surface area contributed by atoms with Crippen LogP contribution in [0.25, 0.3) is 0 Å². The number of likely N-dealkylation sites (N-methyl/N-ethyl adjacent to an activating group) is 1. The fraction of sp³-hybridized carbons (Fsp3) is 0.333. The number of carbonyl (C=O) groups is 2. The van der Waals surface area contributed by atoms with E-state index in [0.717, 1.165) is 10.7 Å². The van der Waals surface area contributed by atoms with Crippen molar-refractivity contribution in [3.05, 3.63) is 54.1 Å². The molecule has 0 fully saturated rings. The number of nitrogens with one attached hydrogen (secondary N) is 2. The second-order valence-corrected chi connectivity index (χ2v) is 8.99. The summed E-state index contributed by atoms with van der Waals surface area (Å²) in [6.07, 6.45) is 1.03. The fourth-order valence-corrected chi connectivity index (χ4v) is 3.84. The van der Waals surface area contributed by atoms with Crippen LogP contribution in [0.15, 0.2) is 53.4 Å². The molecule has 0 radical (unpaired) electrons. The van der Waals surface area contributed by atoms with Gasteiger partial charge in [-0.05, 0) is 54.3 Å². The van der Waals surface area contributed by atoms with E-state index in [2.05, 4.69) is 24.5 Å². The van der Waals surface area contributed by atoms with Crippen LogP contribution in [0.1, 0.15) is 38.7 Å². The molecule has 0 bridgehead atoms. The molecular weight excluding hydrogens is 390 g/mol. The summed E-state index contributed by atoms with van der Waals surface area (Å²) in [5.41, 5.74) is 2.30. The van der Waals surface area contributed by atoms with Crippen molar-refractivity contribution in [1.82, 2.24) is 4.31 Å². The van der Waals surface area contributed by atoms with E-state index in [9.17, 15) is 18.0 Å². The van der Waals surface area contributed by atoms with E-state index in [1.54, 1.807) is 0 Å². The molecule has 0 aliphatic rings. The summed E-state index contributed by atoms with van der Waals surface area (Å²) in [6, 6.07) is 13.3. The molecule has 1 atom stereocenters. The molecular formula is C21H27N3O4S. The van der Waals surface area contributed by atoms with Crippen LogP contribution < -0.4 is 10.6 Å². The van der Waals surface area contributed by atoms with Crippen molar-refractivity contribution < 1.29 is 18.0 Å². The number of hydrogen-bond donors (Lipinski definition) is 2. The summed E-state index contributed by atoms with van der Waals surface area (Å²) >= 11 is 0. The van der Waals surface area contributed by atoms with Gasteiger partial charge < -0.3 is 10.6 Å². The minimum absolute atomic E-state index is 0.0415. The van der Waals surface area contributed by atoms with Crippen LogP contribution in [0.4, 0.5) is 11.4 Å². The van der Waals surface area contributed by atoms with E-state index in [4.69, 9.17) is 0 Å². The Morgan fingerprint density at radius 3 is 2.00 bits per heavy atom. The summed E-state index contributed by atoms with van der Waals surface area (Å²) in [6.45, 7) is 5.30. The molecule has 0 saturated carbocycles. The Morgan fingerprint density at radius 2 is 1.48 bits per heavy atom. The molecule has 0 heterocycles. The number of rotatable bonds is 8. The van der Waals surface area contributed by atoms with Crippen LogP contribution in [-0.4, -0.2) is 38.1 Å². The van der Waals surface area contributed by atoms with Gasteiger partial charge in [0.15, 0.2) is 0 Å². The molecule has 29 heavy (non-hydrogen) atoms. The lowest BCUT2D eigenvalue weighted by atomic mass is 9.99. The van der Waals surface area contributed by atoms with Crippen molar-refractivity contribution in [3.8, 4) is 0 Å². The molecule has 2 amide bonds. The standard InChI is InChI=1S/C21H27N3O4S/c1-5-15(2)17-6-8-19(9-7-17)23-21(26)14-24(4)29(27,28)20-12-10-18(11-13-20)22-16(3)25/h6-13,15H,5,14H2,1-4H3,(H,22,25)(H,23,26)/t15-/m0/s1. The van der Waals surface area contributed by atoms with E-state index in [1.165, 1.54) is 43.8 Å². The van der Waals surface area contributed by atoms with E-state index in [-0.39, 0.29) is 17.3 Å². The highest BCUT2D eigenvalue weighted by Gasteiger charge is 2.23. The van der Waals surface area contributed by atoms with Gasteiger partial charge in [0.05, 0.1) is 11.4 Å². The van der Waals surface area contributed by atoms with Crippen LogP contribution in [0.3, 0.4) is 0 Å². The fourth-order valence-electron chi connectivity index (χ4n) is 2.71. The van der Waals surface area contributed by atoms with Gasteiger partial charge in [0.25, 0.3) is 0 Å². The maximum atomic E-state index is 12.7. The SMILES string of the molecule is CC[C@H](C)c1ccc(NC(=O)CN(C)S(=O)(=O)c2ccc(NC(C)=O)cc2)cc1. The predicted octanol–water partition coefficient (Wildman–Crippen LogP) is 3.42. The Hall–Kier alpha value is -2.71. The van der Waals surface area contributed by atoms with Crippen molar-refractivity contribution in [3.63, 3.8) is 0 Å². The zero-order valence-corrected chi connectivity index (χ0v) is 17.9. The molecule has 0 unspecified atom stereocenters. The molecule has 0 aromatic heterocycles. The summed E-state index contributed by atoms with van der Waals surface area (Å²) in [4.78, 5) is 23.4. The minimum Gasteiger partial charge on any atom is -0.326 e. The lowest BCUT2D eigenvalue weighted by Crippen LogP contribution is -2.34. The first-order chi connectivity index (χ1) is 13.6. The van der Waals surface area contributed by atoms with Crippen molar-refractivity contribution in [2.24, 2.45) is 0 Å². The molecule has 7 nitrogen and oxygen atoms in total. The van der Waals surface area contributed by atoms with Gasteiger partial charge in [-0.15, -0.1) is 0 Å². The minimum atomic E-state index is -3.83. The van der Waals surface area contributed by atoms with Crippen LogP contribution in [0.5, 0.6) is 0 Å². The number of sulfonamides is 1. The highest BCUT2D eigenvalue weighted by Crippen LogP contribution is 2.21. The molecule has 2 aromatic carbocycles. The molecule has 0 aliphatic carbocycles. The first kappa shape index (κ1) is 22.6. The molecule has 0 saturated heterocycles. The summed E-state index contributed by atoms with van der Waals surface area (Å²) in [7, 11) is -2.48. The Morgan fingerprint density at radius 1 is 0.966 bits per heavy atom. The average Bonchev–Trinajstić information content (AvgIpc) is 2.67. The van der Waals surface area contributed by atoms with Gasteiger partial charge >= 0.3 is 0 Å². The smallest absolute Gasteiger partial charge is 0.243 e. The van der Waals surface area contributed by atoms with E-state index in [0.29, 0.717) is 17.3 Å². The second kappa shape index (κ2) is 9.67. The zero-order valence-electron chi connectivity index (χ0n) is 17.1. The molecule has 2 aromatic rings. The number of hydrogen-bond acceptors (Lipinski definition) is 4. The number of nitrogens with zero attached hydrogens (tertiary/aromatic N) is 1. The number of benzene rings is 2. The molecule has 0 spiro atoms. The van der Waals surface area contributed by atoms with E-state index in [1.807, 2.05) is 24.3 Å². The Labute approximate surface area is 172 Å². The number of carbonyl (C=O) groups excluding carboxylic acids is 2. The second-order valence-electron chi connectivity index (χ2n) is 6.95. The van der Waals surface area contributed by atoms with Gasteiger partial charge in [0.2, 0.25) is 21.8 Å². The quantitative estimate of drug-likeness (QED) is 0.688. The van der Waals surface area contributed by atoms with E-state index < -0.39 is 15.9 Å². The molecule has 0 aliphatic heterocycles. The average molecular weight is 418 g/mol. The number of anilines is 2. The van der Waals surface area contributed by atoms with Crippen LogP contribution >= 0.6 is 0 Å². The maximum absolute atomic E-state index is 12.7. The van der Waals surface area contributed by atoms with Crippen LogP contribution in [-0.2, 0) is 19.6 Å². The van der Waals surface area contributed by atoms with Gasteiger partial charge in [-0.3, -0.25) is 9.59 Å². The Balaban J connectivity index is 2.01. The molecule has 2 rings (SSSR count). The lowest BCUT2D eigenvalue weighted by Gasteiger charge is -2.17. The van der Waals surface area contributed by atoms with Gasteiger partial charge in [-0.1, -0.05) is 26.0 Å². The third-order valence-electron chi connectivity index (χ3n) is 4.62. The van der Waals surface area contributed by atoms with Crippen LogP contribution in [0, 0.1) is 0 Å². The van der Waals surface area contributed by atoms with Crippen LogP contribution in [0.2, 0.25) is 0 Å². The van der Waals surface area contributed by atoms with Gasteiger partial charge in [-0.25, -0.2) is 8.42 Å². The first-order valence-electron chi connectivity index (χ1n) is 9.37. The van der Waals surface area contributed by atoms with Gasteiger partial charge in [0.1, 0.15) is 0 Å². The van der Waals surface area contributed by atoms with Crippen molar-refractivity contribution >= 4 is 33.2 Å². The third-order valence-corrected chi connectivity index (χ3v) is 6.44. The van der Waals surface area contributed by atoms with Crippen molar-refractivity contribution in [1.29, 1.82) is 0 Å². The van der Waals surface area contributed by atoms with Gasteiger partial charge in [0, 0.05) is 25.3 Å². The third kappa shape index (κ3) is 6.13. The molecule has 2 N–H and O–H groups in total. The number of amides is 2. The lowest BCUT2D eigenvalue weighted by molar-refractivity contribution is -0.116. The van der Waals surface area contributed by atoms with Crippen molar-refractivity contribution in [2.75, 3.05) is 24.2 Å². The van der Waals surface area contributed by atoms with Gasteiger partial charge in [-0.2, -0.15) is 4.31 Å². The largest absolute Gasteiger partial charge is 0.326 e. The normalized spacial score (nSPS) is 12.4. The summed E-state index contributed by atoms with van der Waals surface area (Å²) in [5, 5.41) is 5.29. The predicted molar refractivity (Wildman–Crippen MR) is 114 cm³/mol. The highest BCUT2D eigenvalue weighted by atomic mass is 32.2. The summed E-state index contributed by atoms with van der Waals surface area (Å²) in [5.74, 6) is -0.234. The molecule has 156 valence electrons. The monoisotopic (exact) mass is 417 g/mol. The Kier molecular flexibility index (Phi) is 7.53. The molecule has 8 heteroatoms.